The van der Waals surface area contributed by atoms with Gasteiger partial charge in [-0.25, -0.2) is 4.98 Å². The third kappa shape index (κ3) is 1.61. The van der Waals surface area contributed by atoms with Crippen molar-refractivity contribution in [2.75, 3.05) is 0 Å². The predicted octanol–water partition coefficient (Wildman–Crippen LogP) is 3.12. The van der Waals surface area contributed by atoms with E-state index in [0.717, 1.165) is 28.9 Å². The van der Waals surface area contributed by atoms with Crippen LogP contribution in [-0.2, 0) is 0 Å². The van der Waals surface area contributed by atoms with Crippen molar-refractivity contribution in [2.45, 2.75) is 6.92 Å². The molecule has 0 unspecified atom stereocenters. The van der Waals surface area contributed by atoms with E-state index in [0.29, 0.717) is 5.56 Å². The van der Waals surface area contributed by atoms with Crippen molar-refractivity contribution in [1.29, 1.82) is 0 Å². The van der Waals surface area contributed by atoms with E-state index < -0.39 is 0 Å². The molecule has 0 amide bonds. The molecular formula is C15H12N2O. The minimum atomic E-state index is 0.645. The second-order valence-electron chi connectivity index (χ2n) is 4.22. The number of aryl methyl sites for hydroxylation is 1. The van der Waals surface area contributed by atoms with Gasteiger partial charge in [-0.05, 0) is 19.1 Å². The lowest BCUT2D eigenvalue weighted by Gasteiger charge is -2.03. The van der Waals surface area contributed by atoms with E-state index in [4.69, 9.17) is 0 Å². The van der Waals surface area contributed by atoms with Crippen LogP contribution in [0.2, 0.25) is 0 Å². The van der Waals surface area contributed by atoms with E-state index in [1.165, 1.54) is 0 Å². The molecule has 0 radical (unpaired) electrons. The van der Waals surface area contributed by atoms with E-state index in [1.54, 1.807) is 12.1 Å². The normalized spacial score (nSPS) is 10.7. The fourth-order valence-corrected chi connectivity index (χ4v) is 2.20. The third-order valence-corrected chi connectivity index (χ3v) is 3.01. The van der Waals surface area contributed by atoms with Crippen molar-refractivity contribution in [3.8, 4) is 11.3 Å². The summed E-state index contributed by atoms with van der Waals surface area (Å²) >= 11 is 0. The Morgan fingerprint density at radius 2 is 1.94 bits per heavy atom. The summed E-state index contributed by atoms with van der Waals surface area (Å²) in [5, 5.41) is 0. The van der Waals surface area contributed by atoms with Gasteiger partial charge in [0.2, 0.25) is 0 Å². The van der Waals surface area contributed by atoms with Crippen molar-refractivity contribution in [1.82, 2.24) is 9.38 Å². The van der Waals surface area contributed by atoms with Crippen molar-refractivity contribution in [3.05, 3.63) is 59.9 Å². The molecule has 0 saturated heterocycles. The maximum Gasteiger partial charge on any atom is 0.150 e. The summed E-state index contributed by atoms with van der Waals surface area (Å²) in [6.45, 7) is 1.98. The van der Waals surface area contributed by atoms with E-state index in [2.05, 4.69) is 17.1 Å². The largest absolute Gasteiger partial charge is 0.299 e. The molecule has 0 N–H and O–H groups in total. The molecule has 3 rings (SSSR count). The van der Waals surface area contributed by atoms with Crippen LogP contribution in [0.15, 0.2) is 48.7 Å². The molecule has 0 aliphatic carbocycles. The summed E-state index contributed by atoms with van der Waals surface area (Å²) in [7, 11) is 0. The van der Waals surface area contributed by atoms with E-state index >= 15 is 0 Å². The molecule has 2 heterocycles. The average molecular weight is 236 g/mol. The van der Waals surface area contributed by atoms with Crippen LogP contribution in [0.4, 0.5) is 0 Å². The molecule has 0 saturated carbocycles. The van der Waals surface area contributed by atoms with Gasteiger partial charge in [0.05, 0.1) is 11.4 Å². The van der Waals surface area contributed by atoms with Crippen LogP contribution in [0, 0.1) is 6.92 Å². The first kappa shape index (κ1) is 10.7. The zero-order valence-corrected chi connectivity index (χ0v) is 10.00. The number of aldehydes is 1. The summed E-state index contributed by atoms with van der Waals surface area (Å²) in [5.74, 6) is 0. The Balaban J connectivity index is 2.30. The smallest absolute Gasteiger partial charge is 0.150 e. The Morgan fingerprint density at radius 1 is 1.17 bits per heavy atom. The SMILES string of the molecule is Cc1nc2cc(C=O)ccn2c1-c1ccccc1. The topological polar surface area (TPSA) is 34.4 Å². The standard InChI is InChI=1S/C15H12N2O/c1-11-15(13-5-3-2-4-6-13)17-8-7-12(10-18)9-14(17)16-11/h2-10H,1H3. The van der Waals surface area contributed by atoms with Crippen LogP contribution in [0.1, 0.15) is 16.1 Å². The number of imidazole rings is 1. The second kappa shape index (κ2) is 4.11. The van der Waals surface area contributed by atoms with Gasteiger partial charge in [-0.3, -0.25) is 9.20 Å². The van der Waals surface area contributed by atoms with Gasteiger partial charge < -0.3 is 0 Å². The average Bonchev–Trinajstić information content (AvgIpc) is 2.74. The summed E-state index contributed by atoms with van der Waals surface area (Å²) in [6, 6.07) is 13.7. The van der Waals surface area contributed by atoms with Crippen LogP contribution in [-0.4, -0.2) is 15.7 Å². The van der Waals surface area contributed by atoms with Crippen LogP contribution in [0.3, 0.4) is 0 Å². The number of fused-ring (bicyclic) bond motifs is 1. The molecule has 18 heavy (non-hydrogen) atoms. The maximum atomic E-state index is 10.8. The number of nitrogens with zero attached hydrogens (tertiary/aromatic N) is 2. The molecule has 3 heteroatoms. The Kier molecular flexibility index (Phi) is 2.45. The summed E-state index contributed by atoms with van der Waals surface area (Å²) in [4.78, 5) is 15.3. The number of benzene rings is 1. The highest BCUT2D eigenvalue weighted by Gasteiger charge is 2.10. The minimum absolute atomic E-state index is 0.645. The first-order valence-corrected chi connectivity index (χ1v) is 5.79. The Labute approximate surface area is 105 Å². The highest BCUT2D eigenvalue weighted by molar-refractivity contribution is 5.78. The van der Waals surface area contributed by atoms with E-state index in [-0.39, 0.29) is 0 Å². The number of hydrogen-bond acceptors (Lipinski definition) is 2. The van der Waals surface area contributed by atoms with Crippen LogP contribution in [0.25, 0.3) is 16.9 Å². The Morgan fingerprint density at radius 3 is 2.67 bits per heavy atom. The lowest BCUT2D eigenvalue weighted by atomic mass is 10.1. The predicted molar refractivity (Wildman–Crippen MR) is 70.8 cm³/mol. The van der Waals surface area contributed by atoms with Crippen LogP contribution >= 0.6 is 0 Å². The fraction of sp³-hybridized carbons (Fsp3) is 0.0667. The Bertz CT molecular complexity index is 714. The van der Waals surface area contributed by atoms with E-state index in [1.807, 2.05) is 35.7 Å². The van der Waals surface area contributed by atoms with Gasteiger partial charge in [-0.2, -0.15) is 0 Å². The van der Waals surface area contributed by atoms with Gasteiger partial charge in [-0.1, -0.05) is 30.3 Å². The van der Waals surface area contributed by atoms with E-state index in [9.17, 15) is 4.79 Å². The number of pyridine rings is 1. The molecule has 0 atom stereocenters. The molecule has 0 bridgehead atoms. The molecule has 1 aromatic carbocycles. The molecule has 3 aromatic rings. The number of aromatic nitrogens is 2. The molecule has 0 aliphatic rings. The molecule has 0 aliphatic heterocycles. The van der Waals surface area contributed by atoms with Gasteiger partial charge >= 0.3 is 0 Å². The zero-order valence-electron chi connectivity index (χ0n) is 10.00. The maximum absolute atomic E-state index is 10.8. The summed E-state index contributed by atoms with van der Waals surface area (Å²) in [5.41, 5.74) is 4.61. The third-order valence-electron chi connectivity index (χ3n) is 3.01. The zero-order chi connectivity index (χ0) is 12.5. The summed E-state index contributed by atoms with van der Waals surface area (Å²) < 4.78 is 2.01. The lowest BCUT2D eigenvalue weighted by molar-refractivity contribution is 0.112. The van der Waals surface area contributed by atoms with Gasteiger partial charge in [0.15, 0.2) is 0 Å². The van der Waals surface area contributed by atoms with Crippen molar-refractivity contribution in [2.24, 2.45) is 0 Å². The first-order valence-electron chi connectivity index (χ1n) is 5.79. The second-order valence-corrected chi connectivity index (χ2v) is 4.22. The summed E-state index contributed by atoms with van der Waals surface area (Å²) in [6.07, 6.45) is 2.73. The monoisotopic (exact) mass is 236 g/mol. The molecule has 88 valence electrons. The van der Waals surface area contributed by atoms with Gasteiger partial charge in [0.1, 0.15) is 11.9 Å². The van der Waals surface area contributed by atoms with Gasteiger partial charge in [0, 0.05) is 17.3 Å². The van der Waals surface area contributed by atoms with Gasteiger partial charge in [-0.15, -0.1) is 0 Å². The van der Waals surface area contributed by atoms with Gasteiger partial charge in [0.25, 0.3) is 0 Å². The molecular weight excluding hydrogens is 224 g/mol. The molecule has 0 fully saturated rings. The first-order chi connectivity index (χ1) is 8.79. The highest BCUT2D eigenvalue weighted by Crippen LogP contribution is 2.24. The number of rotatable bonds is 2. The molecule has 0 spiro atoms. The van der Waals surface area contributed by atoms with Crippen molar-refractivity contribution in [3.63, 3.8) is 0 Å². The number of carbonyl (C=O) groups excluding carboxylic acids is 1. The molecule has 2 aromatic heterocycles. The van der Waals surface area contributed by atoms with Crippen molar-refractivity contribution < 1.29 is 4.79 Å². The Hall–Kier alpha value is -2.42. The lowest BCUT2D eigenvalue weighted by Crippen LogP contribution is -1.90. The quantitative estimate of drug-likeness (QED) is 0.641. The number of hydrogen-bond donors (Lipinski definition) is 0. The minimum Gasteiger partial charge on any atom is -0.299 e. The fourth-order valence-electron chi connectivity index (χ4n) is 2.20. The van der Waals surface area contributed by atoms with Crippen LogP contribution < -0.4 is 0 Å². The number of carbonyl (C=O) groups is 1. The van der Waals surface area contributed by atoms with Crippen LogP contribution in [0.5, 0.6) is 0 Å². The molecule has 3 nitrogen and oxygen atoms in total. The highest BCUT2D eigenvalue weighted by atomic mass is 16.1. The van der Waals surface area contributed by atoms with Crippen molar-refractivity contribution >= 4 is 11.9 Å².